The molecular weight excluding hydrogens is 480 g/mol. The van der Waals surface area contributed by atoms with E-state index in [-0.39, 0.29) is 21.9 Å². The highest BCUT2D eigenvalue weighted by Crippen LogP contribution is 2.44. The summed E-state index contributed by atoms with van der Waals surface area (Å²) in [6, 6.07) is 4.94. The number of rotatable bonds is 6. The Morgan fingerprint density at radius 2 is 2.03 bits per heavy atom. The average molecular weight is 496 g/mol. The van der Waals surface area contributed by atoms with Gasteiger partial charge in [-0.1, -0.05) is 11.6 Å². The highest BCUT2D eigenvalue weighted by atomic mass is 35.5. The fraction of sp³-hybridized carbons (Fsp3) is 0.200. The van der Waals surface area contributed by atoms with Gasteiger partial charge in [0.2, 0.25) is 5.91 Å². The van der Waals surface area contributed by atoms with E-state index in [4.69, 9.17) is 17.3 Å². The Labute approximate surface area is 193 Å². The van der Waals surface area contributed by atoms with Crippen molar-refractivity contribution in [3.8, 4) is 10.4 Å². The molecule has 0 aromatic carbocycles. The highest BCUT2D eigenvalue weighted by molar-refractivity contribution is 7.21. The Morgan fingerprint density at radius 3 is 2.59 bits per heavy atom. The Bertz CT molecular complexity index is 1360. The van der Waals surface area contributed by atoms with E-state index in [0.29, 0.717) is 26.5 Å². The third-order valence-electron chi connectivity index (χ3n) is 4.74. The molecule has 0 aliphatic carbocycles. The summed E-state index contributed by atoms with van der Waals surface area (Å²) >= 11 is 8.25. The van der Waals surface area contributed by atoms with E-state index in [0.717, 1.165) is 16.2 Å². The van der Waals surface area contributed by atoms with Crippen LogP contribution in [0, 0.1) is 13.8 Å². The lowest BCUT2D eigenvalue weighted by Crippen LogP contribution is -2.22. The monoisotopic (exact) mass is 495 g/mol. The maximum absolute atomic E-state index is 13.5. The second-order valence-corrected chi connectivity index (χ2v) is 9.63. The van der Waals surface area contributed by atoms with Gasteiger partial charge in [0.05, 0.1) is 22.6 Å². The largest absolute Gasteiger partial charge is 0.365 e. The van der Waals surface area contributed by atoms with Gasteiger partial charge in [0.25, 0.3) is 12.3 Å². The number of amides is 2. The molecule has 3 N–H and O–H groups in total. The molecule has 0 saturated carbocycles. The van der Waals surface area contributed by atoms with E-state index in [1.807, 2.05) is 13.0 Å². The summed E-state index contributed by atoms with van der Waals surface area (Å²) in [6.45, 7) is 3.44. The average Bonchev–Trinajstić information content (AvgIpc) is 3.41. The molecule has 0 bridgehead atoms. The van der Waals surface area contributed by atoms with Crippen LogP contribution in [0.5, 0.6) is 0 Å². The summed E-state index contributed by atoms with van der Waals surface area (Å²) in [5.41, 5.74) is 6.31. The molecule has 2 amide bonds. The molecule has 4 aromatic heterocycles. The number of nitrogens with two attached hydrogens (primary N) is 1. The van der Waals surface area contributed by atoms with Crippen molar-refractivity contribution in [3.63, 3.8) is 0 Å². The quantitative estimate of drug-likeness (QED) is 0.385. The summed E-state index contributed by atoms with van der Waals surface area (Å²) < 4.78 is 28.4. The summed E-state index contributed by atoms with van der Waals surface area (Å²) in [5, 5.41) is 7.55. The van der Waals surface area contributed by atoms with Crippen molar-refractivity contribution in [2.75, 3.05) is 5.32 Å². The number of carbonyl (C=O) groups excluding carboxylic acids is 2. The van der Waals surface area contributed by atoms with E-state index in [1.54, 1.807) is 13.0 Å². The first-order chi connectivity index (χ1) is 15.2. The van der Waals surface area contributed by atoms with Crippen molar-refractivity contribution in [1.82, 2.24) is 14.8 Å². The second kappa shape index (κ2) is 8.57. The van der Waals surface area contributed by atoms with Gasteiger partial charge in [0.15, 0.2) is 0 Å². The maximum Gasteiger partial charge on any atom is 0.280 e. The van der Waals surface area contributed by atoms with E-state index < -0.39 is 23.9 Å². The molecule has 0 unspecified atom stereocenters. The van der Waals surface area contributed by atoms with Crippen molar-refractivity contribution in [2.24, 2.45) is 5.73 Å². The van der Waals surface area contributed by atoms with Crippen LogP contribution < -0.4 is 11.1 Å². The normalized spacial score (nSPS) is 11.4. The van der Waals surface area contributed by atoms with Crippen LogP contribution in [-0.4, -0.2) is 26.6 Å². The molecule has 0 radical (unpaired) electrons. The van der Waals surface area contributed by atoms with Crippen molar-refractivity contribution >= 4 is 62.0 Å². The molecule has 0 aliphatic heterocycles. The number of hydrogen-bond acceptors (Lipinski definition) is 6. The van der Waals surface area contributed by atoms with Gasteiger partial charge in [-0.15, -0.1) is 22.7 Å². The summed E-state index contributed by atoms with van der Waals surface area (Å²) in [6.07, 6.45) is -1.38. The van der Waals surface area contributed by atoms with E-state index in [1.165, 1.54) is 28.3 Å². The molecule has 4 heterocycles. The Hall–Kier alpha value is -2.89. The molecule has 0 spiro atoms. The number of alkyl halides is 2. The number of anilines is 1. The number of nitrogens with one attached hydrogen (secondary N) is 1. The molecule has 0 atom stereocenters. The molecule has 4 rings (SSSR count). The minimum atomic E-state index is -2.80. The van der Waals surface area contributed by atoms with Crippen LogP contribution in [0.3, 0.4) is 0 Å². The van der Waals surface area contributed by atoms with Crippen molar-refractivity contribution in [2.45, 2.75) is 26.8 Å². The third-order valence-corrected chi connectivity index (χ3v) is 7.24. The van der Waals surface area contributed by atoms with Crippen LogP contribution in [0.15, 0.2) is 24.4 Å². The van der Waals surface area contributed by atoms with Gasteiger partial charge in [0.1, 0.15) is 21.9 Å². The lowest BCUT2D eigenvalue weighted by atomic mass is 10.1. The van der Waals surface area contributed by atoms with E-state index >= 15 is 0 Å². The number of primary amides is 1. The Balaban J connectivity index is 1.86. The van der Waals surface area contributed by atoms with Crippen LogP contribution in [-0.2, 0) is 11.3 Å². The fourth-order valence-electron chi connectivity index (χ4n) is 3.19. The van der Waals surface area contributed by atoms with Crippen LogP contribution >= 0.6 is 34.3 Å². The maximum atomic E-state index is 13.5. The number of halogens is 3. The molecule has 12 heteroatoms. The number of fused-ring (bicyclic) bond motifs is 1. The van der Waals surface area contributed by atoms with Gasteiger partial charge in [-0.05, 0) is 32.0 Å². The minimum absolute atomic E-state index is 0.0250. The van der Waals surface area contributed by atoms with Gasteiger partial charge < -0.3 is 11.1 Å². The number of pyridine rings is 1. The predicted octanol–water partition coefficient (Wildman–Crippen LogP) is 5.17. The first-order valence-corrected chi connectivity index (χ1v) is 11.3. The van der Waals surface area contributed by atoms with Gasteiger partial charge in [-0.3, -0.25) is 14.3 Å². The number of nitrogens with zero attached hydrogens (tertiary/aromatic N) is 3. The van der Waals surface area contributed by atoms with Gasteiger partial charge in [-0.2, -0.15) is 5.10 Å². The number of hydrogen-bond donors (Lipinski definition) is 2. The van der Waals surface area contributed by atoms with Gasteiger partial charge >= 0.3 is 0 Å². The van der Waals surface area contributed by atoms with Crippen molar-refractivity contribution < 1.29 is 18.4 Å². The van der Waals surface area contributed by atoms with Crippen LogP contribution in [0.2, 0.25) is 5.02 Å². The number of thiophene rings is 2. The number of carbonyl (C=O) groups is 2. The van der Waals surface area contributed by atoms with E-state index in [2.05, 4.69) is 15.4 Å². The summed E-state index contributed by atoms with van der Waals surface area (Å²) in [4.78, 5) is 30.8. The summed E-state index contributed by atoms with van der Waals surface area (Å²) in [7, 11) is 0. The van der Waals surface area contributed by atoms with Gasteiger partial charge in [-0.25, -0.2) is 13.8 Å². The first-order valence-electron chi connectivity index (χ1n) is 9.25. The lowest BCUT2D eigenvalue weighted by molar-refractivity contribution is -0.116. The standard InChI is InChI=1S/C20H16ClF2N5O2S2/c1-8-3-4-13(31-8)10-5-12(18(22)23)26-20-15(10)16(17(32-20)19(24)30)27-14(29)7-28-9(2)11(21)6-25-28/h3-6,18H,7H2,1-2H3,(H2,24,30)(H,27,29). The zero-order chi connectivity index (χ0) is 23.2. The SMILES string of the molecule is Cc1ccc(-c2cc(C(F)F)nc3sc(C(N)=O)c(NC(=O)Cn4ncc(Cl)c4C)c23)s1. The molecule has 4 aromatic rings. The van der Waals surface area contributed by atoms with Crippen LogP contribution in [0.4, 0.5) is 14.5 Å². The van der Waals surface area contributed by atoms with Crippen LogP contribution in [0.25, 0.3) is 20.7 Å². The predicted molar refractivity (Wildman–Crippen MR) is 122 cm³/mol. The van der Waals surface area contributed by atoms with Gasteiger partial charge in [0, 0.05) is 20.7 Å². The first kappa shape index (κ1) is 22.3. The molecule has 166 valence electrons. The third kappa shape index (κ3) is 4.10. The molecule has 0 saturated heterocycles. The Morgan fingerprint density at radius 1 is 1.28 bits per heavy atom. The number of aryl methyl sites for hydroxylation is 1. The highest BCUT2D eigenvalue weighted by Gasteiger charge is 2.25. The second-order valence-electron chi connectivity index (χ2n) is 6.94. The number of aromatic nitrogens is 3. The topological polar surface area (TPSA) is 103 Å². The molecule has 7 nitrogen and oxygen atoms in total. The zero-order valence-electron chi connectivity index (χ0n) is 16.8. The zero-order valence-corrected chi connectivity index (χ0v) is 19.2. The minimum Gasteiger partial charge on any atom is -0.365 e. The smallest absolute Gasteiger partial charge is 0.280 e. The fourth-order valence-corrected chi connectivity index (χ4v) is 5.24. The van der Waals surface area contributed by atoms with Crippen molar-refractivity contribution in [3.05, 3.63) is 50.6 Å². The van der Waals surface area contributed by atoms with Crippen LogP contribution in [0.1, 0.15) is 32.4 Å². The molecule has 32 heavy (non-hydrogen) atoms. The molecule has 0 fully saturated rings. The molecular formula is C20H16ClF2N5O2S2. The van der Waals surface area contributed by atoms with E-state index in [9.17, 15) is 18.4 Å². The summed E-state index contributed by atoms with van der Waals surface area (Å²) in [5.74, 6) is -1.28. The lowest BCUT2D eigenvalue weighted by Gasteiger charge is -2.10. The Kier molecular flexibility index (Phi) is 5.97. The molecule has 0 aliphatic rings. The van der Waals surface area contributed by atoms with Crippen molar-refractivity contribution in [1.29, 1.82) is 0 Å².